The van der Waals surface area contributed by atoms with E-state index in [2.05, 4.69) is 5.32 Å². The van der Waals surface area contributed by atoms with Crippen molar-refractivity contribution in [2.24, 2.45) is 0 Å². The molecule has 1 aliphatic heterocycles. The van der Waals surface area contributed by atoms with Gasteiger partial charge in [-0.25, -0.2) is 0 Å². The summed E-state index contributed by atoms with van der Waals surface area (Å²) < 4.78 is 0.308. The van der Waals surface area contributed by atoms with E-state index in [-0.39, 0.29) is 18.9 Å². The number of thioether (sulfide) groups is 1. The number of carbonyl (C=O) groups is 3. The predicted molar refractivity (Wildman–Crippen MR) is 96.2 cm³/mol. The van der Waals surface area contributed by atoms with E-state index < -0.39 is 17.9 Å². The first-order valence-electron chi connectivity index (χ1n) is 7.21. The predicted octanol–water partition coefficient (Wildman–Crippen LogP) is 1.87. The lowest BCUT2D eigenvalue weighted by Gasteiger charge is -2.22. The molecule has 1 aromatic carbocycles. The van der Waals surface area contributed by atoms with Crippen LogP contribution < -0.4 is 5.32 Å². The number of hydrogen-bond donors (Lipinski definition) is 2. The molecule has 2 amide bonds. The Labute approximate surface area is 148 Å². The van der Waals surface area contributed by atoms with Gasteiger partial charge in [-0.1, -0.05) is 54.3 Å². The molecule has 0 aliphatic carbocycles. The van der Waals surface area contributed by atoms with E-state index in [1.807, 2.05) is 30.3 Å². The molecule has 1 aliphatic rings. The molecule has 0 saturated carbocycles. The molecule has 1 aromatic rings. The summed E-state index contributed by atoms with van der Waals surface area (Å²) in [4.78, 5) is 36.8. The minimum absolute atomic E-state index is 0.00710. The van der Waals surface area contributed by atoms with Crippen LogP contribution in [0.15, 0.2) is 35.2 Å². The van der Waals surface area contributed by atoms with Gasteiger partial charge in [0, 0.05) is 6.54 Å². The van der Waals surface area contributed by atoms with Crippen LogP contribution in [-0.2, 0) is 14.4 Å². The van der Waals surface area contributed by atoms with Gasteiger partial charge < -0.3 is 10.4 Å². The van der Waals surface area contributed by atoms with Crippen molar-refractivity contribution in [3.63, 3.8) is 0 Å². The van der Waals surface area contributed by atoms with Gasteiger partial charge in [-0.05, 0) is 18.6 Å². The van der Waals surface area contributed by atoms with Crippen LogP contribution in [0, 0.1) is 0 Å². The van der Waals surface area contributed by atoms with E-state index >= 15 is 0 Å². The Morgan fingerprint density at radius 1 is 1.38 bits per heavy atom. The van der Waals surface area contributed by atoms with Crippen molar-refractivity contribution in [3.05, 3.63) is 40.8 Å². The van der Waals surface area contributed by atoms with Crippen LogP contribution in [0.25, 0.3) is 6.08 Å². The third-order valence-corrected chi connectivity index (χ3v) is 4.66. The second kappa shape index (κ2) is 8.07. The van der Waals surface area contributed by atoms with Crippen molar-refractivity contribution >= 4 is 52.2 Å². The number of nitrogens with zero attached hydrogens (tertiary/aromatic N) is 1. The van der Waals surface area contributed by atoms with E-state index in [4.69, 9.17) is 17.3 Å². The molecule has 126 valence electrons. The maximum atomic E-state index is 12.5. The Hall–Kier alpha value is -2.19. The molecule has 2 N–H and O–H groups in total. The number of benzene rings is 1. The first kappa shape index (κ1) is 18.2. The maximum absolute atomic E-state index is 12.5. The quantitative estimate of drug-likeness (QED) is 0.592. The molecule has 6 nitrogen and oxygen atoms in total. The first-order valence-corrected chi connectivity index (χ1v) is 8.44. The van der Waals surface area contributed by atoms with Gasteiger partial charge in [-0.15, -0.1) is 0 Å². The van der Waals surface area contributed by atoms with Crippen LogP contribution in [0.3, 0.4) is 0 Å². The number of rotatable bonds is 6. The van der Waals surface area contributed by atoms with Crippen molar-refractivity contribution in [2.45, 2.75) is 19.4 Å². The fraction of sp³-hybridized carbons (Fsp3) is 0.250. The third kappa shape index (κ3) is 4.42. The fourth-order valence-electron chi connectivity index (χ4n) is 2.07. The molecule has 2 rings (SSSR count). The smallest absolute Gasteiger partial charge is 0.305 e. The third-order valence-electron chi connectivity index (χ3n) is 3.33. The van der Waals surface area contributed by atoms with Crippen LogP contribution in [0.1, 0.15) is 18.9 Å². The first-order chi connectivity index (χ1) is 11.4. The number of aliphatic carboxylic acids is 1. The second-order valence-electron chi connectivity index (χ2n) is 5.07. The summed E-state index contributed by atoms with van der Waals surface area (Å²) in [5.74, 6) is -1.76. The molecule has 24 heavy (non-hydrogen) atoms. The monoisotopic (exact) mass is 364 g/mol. The van der Waals surface area contributed by atoms with Gasteiger partial charge in [0.1, 0.15) is 10.4 Å². The lowest BCUT2D eigenvalue weighted by molar-refractivity contribution is -0.137. The second-order valence-corrected chi connectivity index (χ2v) is 6.75. The maximum Gasteiger partial charge on any atom is 0.305 e. The number of nitrogens with one attached hydrogen (secondary N) is 1. The molecule has 0 radical (unpaired) electrons. The molecule has 8 heteroatoms. The van der Waals surface area contributed by atoms with Gasteiger partial charge in [0.25, 0.3) is 5.91 Å². The SMILES string of the molecule is CC(C(=O)NCCC(=O)O)N1C(=O)/C(=C/c2ccccc2)SC1=S. The van der Waals surface area contributed by atoms with Crippen molar-refractivity contribution < 1.29 is 19.5 Å². The largest absolute Gasteiger partial charge is 0.481 e. The van der Waals surface area contributed by atoms with Gasteiger partial charge in [-0.2, -0.15) is 0 Å². The number of hydrogen-bond acceptors (Lipinski definition) is 5. The van der Waals surface area contributed by atoms with Crippen molar-refractivity contribution in [1.82, 2.24) is 10.2 Å². The highest BCUT2D eigenvalue weighted by Crippen LogP contribution is 2.33. The zero-order valence-electron chi connectivity index (χ0n) is 12.9. The highest BCUT2D eigenvalue weighted by atomic mass is 32.2. The minimum atomic E-state index is -1.00. The van der Waals surface area contributed by atoms with Gasteiger partial charge in [0.05, 0.1) is 11.3 Å². The Kier molecular flexibility index (Phi) is 6.10. The lowest BCUT2D eigenvalue weighted by atomic mass is 10.2. The highest BCUT2D eigenvalue weighted by molar-refractivity contribution is 8.26. The van der Waals surface area contributed by atoms with Crippen LogP contribution in [-0.4, -0.2) is 44.7 Å². The number of amides is 2. The average molecular weight is 364 g/mol. The summed E-state index contributed by atoms with van der Waals surface area (Å²) in [6, 6.07) is 8.55. The van der Waals surface area contributed by atoms with Gasteiger partial charge in [0.2, 0.25) is 5.91 Å². The van der Waals surface area contributed by atoms with Crippen molar-refractivity contribution in [3.8, 4) is 0 Å². The number of carboxylic acid groups (broad SMARTS) is 1. The molecule has 1 saturated heterocycles. The summed E-state index contributed by atoms with van der Waals surface area (Å²) in [7, 11) is 0. The lowest BCUT2D eigenvalue weighted by Crippen LogP contribution is -2.47. The normalized spacial score (nSPS) is 17.2. The van der Waals surface area contributed by atoms with Crippen LogP contribution in [0.4, 0.5) is 0 Å². The molecular formula is C16H16N2O4S2. The van der Waals surface area contributed by atoms with E-state index in [1.54, 1.807) is 13.0 Å². The Balaban J connectivity index is 2.07. The molecule has 1 heterocycles. The Morgan fingerprint density at radius 3 is 2.67 bits per heavy atom. The van der Waals surface area contributed by atoms with E-state index in [0.29, 0.717) is 9.23 Å². The van der Waals surface area contributed by atoms with Crippen molar-refractivity contribution in [2.75, 3.05) is 6.54 Å². The molecule has 0 aromatic heterocycles. The molecule has 1 fully saturated rings. The van der Waals surface area contributed by atoms with E-state index in [9.17, 15) is 14.4 Å². The molecule has 1 atom stereocenters. The summed E-state index contributed by atoms with van der Waals surface area (Å²) in [6.45, 7) is 1.57. The molecule has 0 spiro atoms. The van der Waals surface area contributed by atoms with Gasteiger partial charge >= 0.3 is 5.97 Å². The van der Waals surface area contributed by atoms with Gasteiger partial charge in [-0.3, -0.25) is 19.3 Å². The average Bonchev–Trinajstić information content (AvgIpc) is 2.81. The standard InChI is InChI=1S/C16H16N2O4S2/c1-10(14(21)17-8-7-13(19)20)18-15(22)12(24-16(18)23)9-11-5-3-2-4-6-11/h2-6,9-10H,7-8H2,1H3,(H,17,21)(H,19,20)/b12-9-. The summed E-state index contributed by atoms with van der Waals surface area (Å²) >= 11 is 6.36. The molecule has 1 unspecified atom stereocenters. The minimum Gasteiger partial charge on any atom is -0.481 e. The highest BCUT2D eigenvalue weighted by Gasteiger charge is 2.38. The zero-order valence-corrected chi connectivity index (χ0v) is 14.5. The summed E-state index contributed by atoms with van der Waals surface area (Å²) in [5, 5.41) is 11.1. The summed E-state index contributed by atoms with van der Waals surface area (Å²) in [6.07, 6.45) is 1.55. The summed E-state index contributed by atoms with van der Waals surface area (Å²) in [5.41, 5.74) is 0.872. The Bertz CT molecular complexity index is 703. The Morgan fingerprint density at radius 2 is 2.04 bits per heavy atom. The number of thiocarbonyl (C=S) groups is 1. The number of carboxylic acids is 1. The van der Waals surface area contributed by atoms with E-state index in [0.717, 1.165) is 17.3 Å². The van der Waals surface area contributed by atoms with E-state index in [1.165, 1.54) is 4.90 Å². The topological polar surface area (TPSA) is 86.7 Å². The van der Waals surface area contributed by atoms with Crippen LogP contribution in [0.5, 0.6) is 0 Å². The molecular weight excluding hydrogens is 348 g/mol. The van der Waals surface area contributed by atoms with Crippen molar-refractivity contribution in [1.29, 1.82) is 0 Å². The fourth-order valence-corrected chi connectivity index (χ4v) is 3.49. The van der Waals surface area contributed by atoms with Gasteiger partial charge in [0.15, 0.2) is 0 Å². The van der Waals surface area contributed by atoms with Crippen LogP contribution >= 0.6 is 24.0 Å². The molecule has 0 bridgehead atoms. The zero-order chi connectivity index (χ0) is 17.7. The number of carbonyl (C=O) groups excluding carboxylic acids is 2. The van der Waals surface area contributed by atoms with Crippen LogP contribution in [0.2, 0.25) is 0 Å².